The Labute approximate surface area is 117 Å². The predicted octanol–water partition coefficient (Wildman–Crippen LogP) is 1.43. The molecule has 0 saturated carbocycles. The van der Waals surface area contributed by atoms with Gasteiger partial charge in [0.15, 0.2) is 0 Å². The summed E-state index contributed by atoms with van der Waals surface area (Å²) >= 11 is 5.87. The maximum absolute atomic E-state index is 12.0. The van der Waals surface area contributed by atoms with Gasteiger partial charge in [0.25, 0.3) is 0 Å². The molecule has 4 nitrogen and oxygen atoms in total. The largest absolute Gasteiger partial charge is 0.362 e. The minimum absolute atomic E-state index is 0.0625. The smallest absolute Gasteiger partial charge is 0.249 e. The Morgan fingerprint density at radius 3 is 2.84 bits per heavy atom. The van der Waals surface area contributed by atoms with Crippen LogP contribution < -0.4 is 5.32 Å². The second kappa shape index (κ2) is 5.12. The Balaban J connectivity index is 1.71. The number of carbonyl (C=O) groups excluding carboxylic acids is 1. The fourth-order valence-electron chi connectivity index (χ4n) is 2.72. The number of amides is 1. The minimum Gasteiger partial charge on any atom is -0.362 e. The highest BCUT2D eigenvalue weighted by molar-refractivity contribution is 6.30. The monoisotopic (exact) mass is 280 g/mol. The van der Waals surface area contributed by atoms with Crippen molar-refractivity contribution in [1.29, 1.82) is 0 Å². The van der Waals surface area contributed by atoms with Crippen LogP contribution in [0.3, 0.4) is 0 Å². The zero-order valence-corrected chi connectivity index (χ0v) is 11.4. The highest BCUT2D eigenvalue weighted by atomic mass is 35.5. The summed E-state index contributed by atoms with van der Waals surface area (Å²) in [5.41, 5.74) is 0.918. The highest BCUT2D eigenvalue weighted by Crippen LogP contribution is 2.26. The molecule has 0 aromatic heterocycles. The zero-order valence-electron chi connectivity index (χ0n) is 10.7. The van der Waals surface area contributed by atoms with E-state index in [2.05, 4.69) is 5.32 Å². The standard InChI is InChI=1S/C14H17ClN2O2/c15-12-3-1-11(2-4-12)7-17-10-14(5-6-16-9-14)19-8-13(17)18/h1-4,16H,5-10H2. The van der Waals surface area contributed by atoms with Crippen LogP contribution in [-0.2, 0) is 16.1 Å². The third kappa shape index (κ3) is 2.76. The minimum atomic E-state index is -0.180. The van der Waals surface area contributed by atoms with Gasteiger partial charge < -0.3 is 15.0 Å². The van der Waals surface area contributed by atoms with Gasteiger partial charge >= 0.3 is 0 Å². The number of hydrogen-bond donors (Lipinski definition) is 1. The van der Waals surface area contributed by atoms with E-state index in [1.807, 2.05) is 29.2 Å². The lowest BCUT2D eigenvalue weighted by molar-refractivity contribution is -0.161. The molecule has 0 radical (unpaired) electrons. The molecule has 19 heavy (non-hydrogen) atoms. The summed E-state index contributed by atoms with van der Waals surface area (Å²) in [5, 5.41) is 4.03. The van der Waals surface area contributed by atoms with E-state index >= 15 is 0 Å². The van der Waals surface area contributed by atoms with Gasteiger partial charge in [-0.05, 0) is 30.7 Å². The molecule has 1 N–H and O–H groups in total. The summed E-state index contributed by atoms with van der Waals surface area (Å²) in [7, 11) is 0. The first-order chi connectivity index (χ1) is 9.17. The number of halogens is 1. The van der Waals surface area contributed by atoms with Gasteiger partial charge in [-0.15, -0.1) is 0 Å². The van der Waals surface area contributed by atoms with E-state index in [-0.39, 0.29) is 18.1 Å². The second-order valence-corrected chi connectivity index (χ2v) is 5.71. The summed E-state index contributed by atoms with van der Waals surface area (Å²) in [6.45, 7) is 3.28. The second-order valence-electron chi connectivity index (χ2n) is 5.27. The van der Waals surface area contributed by atoms with Crippen LogP contribution in [-0.4, -0.2) is 42.6 Å². The first kappa shape index (κ1) is 12.9. The van der Waals surface area contributed by atoms with Gasteiger partial charge in [-0.2, -0.15) is 0 Å². The number of morpholine rings is 1. The maximum Gasteiger partial charge on any atom is 0.249 e. The van der Waals surface area contributed by atoms with Crippen LogP contribution in [0, 0.1) is 0 Å². The van der Waals surface area contributed by atoms with Gasteiger partial charge in [0.05, 0.1) is 12.1 Å². The number of ether oxygens (including phenoxy) is 1. The molecule has 2 fully saturated rings. The van der Waals surface area contributed by atoms with Gasteiger partial charge in [0, 0.05) is 18.1 Å². The van der Waals surface area contributed by atoms with Crippen molar-refractivity contribution in [2.75, 3.05) is 26.2 Å². The Kier molecular flexibility index (Phi) is 3.48. The molecular formula is C14H17ClN2O2. The summed E-state index contributed by atoms with van der Waals surface area (Å²) in [6.07, 6.45) is 0.970. The van der Waals surface area contributed by atoms with Crippen LogP contribution in [0.25, 0.3) is 0 Å². The molecular weight excluding hydrogens is 264 g/mol. The van der Waals surface area contributed by atoms with Crippen LogP contribution in [0.1, 0.15) is 12.0 Å². The molecule has 2 saturated heterocycles. The molecule has 3 rings (SSSR count). The number of hydrogen-bond acceptors (Lipinski definition) is 3. The lowest BCUT2D eigenvalue weighted by Crippen LogP contribution is -2.55. The van der Waals surface area contributed by atoms with E-state index in [9.17, 15) is 4.79 Å². The maximum atomic E-state index is 12.0. The molecule has 1 aromatic carbocycles. The van der Waals surface area contributed by atoms with Gasteiger partial charge in [-0.25, -0.2) is 0 Å². The van der Waals surface area contributed by atoms with E-state index in [1.54, 1.807) is 0 Å². The van der Waals surface area contributed by atoms with Gasteiger partial charge in [-0.1, -0.05) is 23.7 Å². The summed E-state index contributed by atoms with van der Waals surface area (Å²) < 4.78 is 5.75. The van der Waals surface area contributed by atoms with E-state index in [0.29, 0.717) is 18.1 Å². The summed E-state index contributed by atoms with van der Waals surface area (Å²) in [4.78, 5) is 13.8. The fourth-order valence-corrected chi connectivity index (χ4v) is 2.85. The Bertz CT molecular complexity index is 469. The van der Waals surface area contributed by atoms with Crippen LogP contribution in [0.2, 0.25) is 5.02 Å². The summed E-state index contributed by atoms with van der Waals surface area (Å²) in [6, 6.07) is 7.64. The molecule has 1 aromatic rings. The molecule has 2 heterocycles. The predicted molar refractivity (Wildman–Crippen MR) is 73.0 cm³/mol. The third-order valence-corrected chi connectivity index (χ3v) is 4.08. The van der Waals surface area contributed by atoms with Crippen molar-refractivity contribution in [2.45, 2.75) is 18.6 Å². The van der Waals surface area contributed by atoms with Crippen LogP contribution in [0.15, 0.2) is 24.3 Å². The Morgan fingerprint density at radius 1 is 1.37 bits per heavy atom. The topological polar surface area (TPSA) is 41.6 Å². The van der Waals surface area contributed by atoms with Crippen molar-refractivity contribution >= 4 is 17.5 Å². The first-order valence-electron chi connectivity index (χ1n) is 6.54. The van der Waals surface area contributed by atoms with Crippen molar-refractivity contribution in [2.24, 2.45) is 0 Å². The third-order valence-electron chi connectivity index (χ3n) is 3.82. The van der Waals surface area contributed by atoms with Crippen LogP contribution >= 0.6 is 11.6 Å². The average Bonchev–Trinajstić information content (AvgIpc) is 2.85. The molecule has 1 spiro atoms. The molecule has 0 aliphatic carbocycles. The van der Waals surface area contributed by atoms with Crippen LogP contribution in [0.5, 0.6) is 0 Å². The quantitative estimate of drug-likeness (QED) is 0.891. The van der Waals surface area contributed by atoms with Crippen molar-refractivity contribution in [3.8, 4) is 0 Å². The highest BCUT2D eigenvalue weighted by Gasteiger charge is 2.41. The van der Waals surface area contributed by atoms with Gasteiger partial charge in [-0.3, -0.25) is 4.79 Å². The van der Waals surface area contributed by atoms with Gasteiger partial charge in [0.2, 0.25) is 5.91 Å². The summed E-state index contributed by atoms with van der Waals surface area (Å²) in [5.74, 6) is 0.0625. The molecule has 0 bridgehead atoms. The van der Waals surface area contributed by atoms with E-state index in [0.717, 1.165) is 25.1 Å². The normalized spacial score (nSPS) is 27.2. The molecule has 102 valence electrons. The molecule has 1 unspecified atom stereocenters. The lowest BCUT2D eigenvalue weighted by atomic mass is 10.00. The molecule has 1 atom stereocenters. The number of nitrogens with one attached hydrogen (secondary N) is 1. The first-order valence-corrected chi connectivity index (χ1v) is 6.92. The lowest BCUT2D eigenvalue weighted by Gasteiger charge is -2.39. The van der Waals surface area contributed by atoms with Crippen molar-refractivity contribution in [3.05, 3.63) is 34.9 Å². The molecule has 2 aliphatic rings. The van der Waals surface area contributed by atoms with E-state index in [4.69, 9.17) is 16.3 Å². The molecule has 5 heteroatoms. The Morgan fingerprint density at radius 2 is 2.16 bits per heavy atom. The van der Waals surface area contributed by atoms with E-state index in [1.165, 1.54) is 0 Å². The van der Waals surface area contributed by atoms with Crippen LogP contribution in [0.4, 0.5) is 0 Å². The SMILES string of the molecule is O=C1COC2(CCNC2)CN1Cc1ccc(Cl)cc1. The number of rotatable bonds is 2. The van der Waals surface area contributed by atoms with E-state index < -0.39 is 0 Å². The number of nitrogens with zero attached hydrogens (tertiary/aromatic N) is 1. The number of carbonyl (C=O) groups is 1. The van der Waals surface area contributed by atoms with Gasteiger partial charge in [0.1, 0.15) is 6.61 Å². The van der Waals surface area contributed by atoms with Crippen molar-refractivity contribution in [1.82, 2.24) is 10.2 Å². The van der Waals surface area contributed by atoms with Crippen molar-refractivity contribution < 1.29 is 9.53 Å². The molecule has 1 amide bonds. The van der Waals surface area contributed by atoms with Crippen molar-refractivity contribution in [3.63, 3.8) is 0 Å². The molecule has 2 aliphatic heterocycles. The zero-order chi connectivity index (χ0) is 13.3. The number of benzene rings is 1. The Hall–Kier alpha value is -1.10. The average molecular weight is 281 g/mol. The fraction of sp³-hybridized carbons (Fsp3) is 0.500.